The van der Waals surface area contributed by atoms with Crippen molar-refractivity contribution in [3.8, 4) is 10.6 Å². The van der Waals surface area contributed by atoms with Gasteiger partial charge in [0, 0.05) is 34.9 Å². The van der Waals surface area contributed by atoms with E-state index in [0.717, 1.165) is 22.3 Å². The zero-order chi connectivity index (χ0) is 14.7. The number of halogens is 2. The Kier molecular flexibility index (Phi) is 3.92. The molecule has 5 heteroatoms. The van der Waals surface area contributed by atoms with Crippen molar-refractivity contribution in [1.82, 2.24) is 4.98 Å². The van der Waals surface area contributed by atoms with Gasteiger partial charge in [0.1, 0.15) is 5.01 Å². The molecule has 0 amide bonds. The second-order valence-corrected chi connectivity index (χ2v) is 5.38. The van der Waals surface area contributed by atoms with Gasteiger partial charge in [0.05, 0.1) is 0 Å². The first kappa shape index (κ1) is 13.7. The van der Waals surface area contributed by atoms with Crippen LogP contribution < -0.4 is 5.32 Å². The van der Waals surface area contributed by atoms with E-state index < -0.39 is 11.6 Å². The van der Waals surface area contributed by atoms with Gasteiger partial charge in [0.2, 0.25) is 0 Å². The third kappa shape index (κ3) is 3.08. The summed E-state index contributed by atoms with van der Waals surface area (Å²) in [6.45, 7) is 0.236. The van der Waals surface area contributed by atoms with Gasteiger partial charge < -0.3 is 5.32 Å². The average molecular weight is 302 g/mol. The Morgan fingerprint density at radius 1 is 1.05 bits per heavy atom. The molecule has 0 aliphatic carbocycles. The maximum atomic E-state index is 13.5. The number of nitrogens with zero attached hydrogens (tertiary/aromatic N) is 1. The highest BCUT2D eigenvalue weighted by molar-refractivity contribution is 7.13. The number of hydrogen-bond donors (Lipinski definition) is 1. The number of thiazole rings is 1. The maximum absolute atomic E-state index is 13.5. The molecule has 2 nitrogen and oxygen atoms in total. The average Bonchev–Trinajstić information content (AvgIpc) is 3.04. The van der Waals surface area contributed by atoms with E-state index in [9.17, 15) is 8.78 Å². The lowest BCUT2D eigenvalue weighted by atomic mass is 10.2. The first-order chi connectivity index (χ1) is 10.2. The molecule has 106 valence electrons. The fourth-order valence-corrected chi connectivity index (χ4v) is 2.62. The van der Waals surface area contributed by atoms with Gasteiger partial charge in [-0.2, -0.15) is 0 Å². The van der Waals surface area contributed by atoms with Crippen molar-refractivity contribution >= 4 is 17.0 Å². The van der Waals surface area contributed by atoms with Gasteiger partial charge in [-0.15, -0.1) is 11.3 Å². The normalized spacial score (nSPS) is 10.6. The lowest BCUT2D eigenvalue weighted by Gasteiger charge is -2.08. The van der Waals surface area contributed by atoms with Crippen LogP contribution in [0.1, 0.15) is 5.56 Å². The molecule has 3 rings (SSSR count). The Hall–Kier alpha value is -2.27. The minimum Gasteiger partial charge on any atom is -0.381 e. The molecule has 0 radical (unpaired) electrons. The Labute approximate surface area is 125 Å². The molecule has 1 aromatic heterocycles. The summed E-state index contributed by atoms with van der Waals surface area (Å²) >= 11 is 1.57. The van der Waals surface area contributed by atoms with Crippen molar-refractivity contribution in [3.05, 3.63) is 71.2 Å². The summed E-state index contributed by atoms with van der Waals surface area (Å²) in [4.78, 5) is 4.24. The minimum atomic E-state index is -0.826. The monoisotopic (exact) mass is 302 g/mol. The molecule has 3 aromatic rings. The topological polar surface area (TPSA) is 24.9 Å². The highest BCUT2D eigenvalue weighted by Gasteiger charge is 2.07. The van der Waals surface area contributed by atoms with E-state index in [2.05, 4.69) is 10.3 Å². The lowest BCUT2D eigenvalue weighted by molar-refractivity contribution is 0.500. The second-order valence-electron chi connectivity index (χ2n) is 4.48. The molecule has 0 fully saturated rings. The number of hydrogen-bond acceptors (Lipinski definition) is 3. The maximum Gasteiger partial charge on any atom is 0.163 e. The molecule has 0 saturated heterocycles. The molecule has 0 aliphatic heterocycles. The fraction of sp³-hybridized carbons (Fsp3) is 0.0625. The van der Waals surface area contributed by atoms with Crippen LogP contribution in [-0.2, 0) is 6.54 Å². The fourth-order valence-electron chi connectivity index (χ4n) is 1.98. The molecule has 1 N–H and O–H groups in total. The van der Waals surface area contributed by atoms with Crippen LogP contribution in [0, 0.1) is 11.6 Å². The Balaban J connectivity index is 1.70. The van der Waals surface area contributed by atoms with Gasteiger partial charge in [-0.25, -0.2) is 13.8 Å². The third-order valence-electron chi connectivity index (χ3n) is 3.08. The Bertz CT molecular complexity index is 725. The summed E-state index contributed by atoms with van der Waals surface area (Å²) in [5.41, 5.74) is 2.19. The molecule has 0 unspecified atom stereocenters. The van der Waals surface area contributed by atoms with Gasteiger partial charge >= 0.3 is 0 Å². The summed E-state index contributed by atoms with van der Waals surface area (Å²) in [6, 6.07) is 11.9. The highest BCUT2D eigenvalue weighted by Crippen LogP contribution is 2.23. The molecule has 0 saturated carbocycles. The summed E-state index contributed by atoms with van der Waals surface area (Å²) < 4.78 is 26.6. The standard InChI is InChI=1S/C16H12F2N2S/c17-14-3-1-2-12(15(14)18)10-20-13-6-4-11(5-7-13)16-19-8-9-21-16/h1-9,20H,10H2. The van der Waals surface area contributed by atoms with E-state index in [1.54, 1.807) is 23.6 Å². The van der Waals surface area contributed by atoms with Gasteiger partial charge in [-0.1, -0.05) is 12.1 Å². The summed E-state index contributed by atoms with van der Waals surface area (Å²) in [6.07, 6.45) is 1.76. The van der Waals surface area contributed by atoms with Crippen molar-refractivity contribution < 1.29 is 8.78 Å². The van der Waals surface area contributed by atoms with Crippen molar-refractivity contribution in [3.63, 3.8) is 0 Å². The van der Waals surface area contributed by atoms with Crippen LogP contribution >= 0.6 is 11.3 Å². The number of benzene rings is 2. The second kappa shape index (κ2) is 6.01. The largest absolute Gasteiger partial charge is 0.381 e. The molecule has 0 atom stereocenters. The first-order valence-electron chi connectivity index (χ1n) is 6.41. The van der Waals surface area contributed by atoms with E-state index in [1.165, 1.54) is 6.07 Å². The number of anilines is 1. The summed E-state index contributed by atoms with van der Waals surface area (Å²) in [5, 5.41) is 5.96. The molecular weight excluding hydrogens is 290 g/mol. The van der Waals surface area contributed by atoms with E-state index in [-0.39, 0.29) is 6.54 Å². The summed E-state index contributed by atoms with van der Waals surface area (Å²) in [5.74, 6) is -1.63. The molecule has 21 heavy (non-hydrogen) atoms. The zero-order valence-electron chi connectivity index (χ0n) is 11.0. The van der Waals surface area contributed by atoms with Crippen molar-refractivity contribution in [2.75, 3.05) is 5.32 Å². The van der Waals surface area contributed by atoms with Gasteiger partial charge in [0.15, 0.2) is 11.6 Å². The van der Waals surface area contributed by atoms with Crippen LogP contribution in [0.4, 0.5) is 14.5 Å². The Morgan fingerprint density at radius 3 is 2.57 bits per heavy atom. The molecule has 2 aromatic carbocycles. The number of aromatic nitrogens is 1. The number of nitrogens with one attached hydrogen (secondary N) is 1. The van der Waals surface area contributed by atoms with E-state index in [1.807, 2.05) is 29.6 Å². The lowest BCUT2D eigenvalue weighted by Crippen LogP contribution is -2.03. The van der Waals surface area contributed by atoms with Crippen LogP contribution in [0.2, 0.25) is 0 Å². The van der Waals surface area contributed by atoms with Gasteiger partial charge in [-0.3, -0.25) is 0 Å². The third-order valence-corrected chi connectivity index (χ3v) is 3.90. The van der Waals surface area contributed by atoms with Crippen LogP contribution in [0.15, 0.2) is 54.0 Å². The highest BCUT2D eigenvalue weighted by atomic mass is 32.1. The zero-order valence-corrected chi connectivity index (χ0v) is 11.8. The van der Waals surface area contributed by atoms with E-state index in [0.29, 0.717) is 5.56 Å². The Morgan fingerprint density at radius 2 is 1.86 bits per heavy atom. The van der Waals surface area contributed by atoms with Crippen molar-refractivity contribution in [1.29, 1.82) is 0 Å². The summed E-state index contributed by atoms with van der Waals surface area (Å²) in [7, 11) is 0. The van der Waals surface area contributed by atoms with Gasteiger partial charge in [0.25, 0.3) is 0 Å². The SMILES string of the molecule is Fc1cccc(CNc2ccc(-c3nccs3)cc2)c1F. The molecule has 0 aliphatic rings. The smallest absolute Gasteiger partial charge is 0.163 e. The van der Waals surface area contributed by atoms with Crippen LogP contribution in [0.25, 0.3) is 10.6 Å². The van der Waals surface area contributed by atoms with Gasteiger partial charge in [-0.05, 0) is 30.3 Å². The van der Waals surface area contributed by atoms with E-state index in [4.69, 9.17) is 0 Å². The molecule has 1 heterocycles. The van der Waals surface area contributed by atoms with Crippen molar-refractivity contribution in [2.24, 2.45) is 0 Å². The molecule has 0 spiro atoms. The van der Waals surface area contributed by atoms with Crippen LogP contribution in [0.3, 0.4) is 0 Å². The predicted molar refractivity (Wildman–Crippen MR) is 81.2 cm³/mol. The van der Waals surface area contributed by atoms with Crippen LogP contribution in [0.5, 0.6) is 0 Å². The van der Waals surface area contributed by atoms with Crippen molar-refractivity contribution in [2.45, 2.75) is 6.54 Å². The molecule has 0 bridgehead atoms. The quantitative estimate of drug-likeness (QED) is 0.755. The van der Waals surface area contributed by atoms with Crippen LogP contribution in [-0.4, -0.2) is 4.98 Å². The molecular formula is C16H12F2N2S. The number of rotatable bonds is 4. The van der Waals surface area contributed by atoms with E-state index >= 15 is 0 Å². The minimum absolute atomic E-state index is 0.236. The predicted octanol–water partition coefficient (Wildman–Crippen LogP) is 4.70. The first-order valence-corrected chi connectivity index (χ1v) is 7.29.